The van der Waals surface area contributed by atoms with E-state index in [0.29, 0.717) is 0 Å². The minimum absolute atomic E-state index is 0.0846. The predicted molar refractivity (Wildman–Crippen MR) is 171 cm³/mol. The monoisotopic (exact) mass is 754 g/mol. The van der Waals surface area contributed by atoms with E-state index in [0.717, 1.165) is 19.1 Å². The molecule has 5 rings (SSSR count). The van der Waals surface area contributed by atoms with Crippen LogP contribution in [0.1, 0.15) is 19.8 Å². The molecule has 290 valence electrons. The molecule has 2 aliphatic rings. The molecule has 1 aromatic heterocycles. The van der Waals surface area contributed by atoms with Gasteiger partial charge in [0.2, 0.25) is 23.8 Å². The van der Waals surface area contributed by atoms with Crippen molar-refractivity contribution in [2.75, 3.05) is 13.2 Å². The maximum atomic E-state index is 14.0. The highest BCUT2D eigenvalue weighted by molar-refractivity contribution is 5.88. The highest BCUT2D eigenvalue weighted by atomic mass is 16.7. The summed E-state index contributed by atoms with van der Waals surface area (Å²) in [5.41, 5.74) is -3.33. The maximum Gasteiger partial charge on any atom is 0.308 e. The fourth-order valence-electron chi connectivity index (χ4n) is 5.73. The number of esters is 1. The molecule has 0 radical (unpaired) electrons. The van der Waals surface area contributed by atoms with Crippen molar-refractivity contribution in [2.45, 2.75) is 86.8 Å². The Balaban J connectivity index is 1.46. The van der Waals surface area contributed by atoms with Crippen LogP contribution in [0.5, 0.6) is 23.0 Å². The first-order chi connectivity index (χ1) is 24.9. The molecule has 1 unspecified atom stereocenters. The number of aliphatic carboxylic acids is 1. The van der Waals surface area contributed by atoms with Gasteiger partial charge < -0.3 is 84.3 Å². The Morgan fingerprint density at radius 1 is 0.811 bits per heavy atom. The summed E-state index contributed by atoms with van der Waals surface area (Å²) in [5, 5.41) is 111. The summed E-state index contributed by atoms with van der Waals surface area (Å²) in [4.78, 5) is 37.3. The van der Waals surface area contributed by atoms with Crippen molar-refractivity contribution in [3.8, 4) is 34.3 Å². The van der Waals surface area contributed by atoms with Gasteiger partial charge in [-0.3, -0.25) is 14.4 Å². The molecule has 20 nitrogen and oxygen atoms in total. The number of carboxylic acids is 1. The molecule has 2 aromatic carbocycles. The van der Waals surface area contributed by atoms with E-state index < -0.39 is 127 Å². The predicted octanol–water partition coefficient (Wildman–Crippen LogP) is -2.60. The summed E-state index contributed by atoms with van der Waals surface area (Å²) in [7, 11) is 0. The fourth-order valence-corrected chi connectivity index (χ4v) is 5.73. The van der Waals surface area contributed by atoms with Gasteiger partial charge in [0.05, 0.1) is 25.0 Å². The lowest BCUT2D eigenvalue weighted by Gasteiger charge is -2.40. The van der Waals surface area contributed by atoms with E-state index in [4.69, 9.17) is 33.2 Å². The quantitative estimate of drug-likeness (QED) is 0.0844. The molecule has 2 saturated heterocycles. The van der Waals surface area contributed by atoms with E-state index in [1.807, 2.05) is 0 Å². The number of carboxylic acid groups (broad SMARTS) is 1. The number of hydrogen-bond acceptors (Lipinski definition) is 19. The molecule has 3 aromatic rings. The van der Waals surface area contributed by atoms with E-state index in [-0.39, 0.29) is 28.4 Å². The summed E-state index contributed by atoms with van der Waals surface area (Å²) >= 11 is 0. The van der Waals surface area contributed by atoms with Gasteiger partial charge in [0.1, 0.15) is 83.7 Å². The number of carbonyl (C=O) groups is 2. The van der Waals surface area contributed by atoms with E-state index in [1.54, 1.807) is 0 Å². The van der Waals surface area contributed by atoms with Crippen molar-refractivity contribution < 1.29 is 93.9 Å². The van der Waals surface area contributed by atoms with Crippen molar-refractivity contribution in [1.82, 2.24) is 0 Å². The molecule has 11 N–H and O–H groups in total. The summed E-state index contributed by atoms with van der Waals surface area (Å²) in [6, 6.07) is 7.07. The van der Waals surface area contributed by atoms with Gasteiger partial charge in [-0.2, -0.15) is 0 Å². The lowest BCUT2D eigenvalue weighted by Crippen LogP contribution is -2.60. The molecule has 2 fully saturated rings. The Bertz CT molecular complexity index is 1840. The zero-order valence-electron chi connectivity index (χ0n) is 27.7. The van der Waals surface area contributed by atoms with E-state index in [1.165, 1.54) is 24.3 Å². The van der Waals surface area contributed by atoms with Crippen LogP contribution >= 0.6 is 0 Å². The van der Waals surface area contributed by atoms with Gasteiger partial charge in [0, 0.05) is 17.7 Å². The number of fused-ring (bicyclic) bond motifs is 1. The van der Waals surface area contributed by atoms with Crippen molar-refractivity contribution in [1.29, 1.82) is 0 Å². The third-order valence-corrected chi connectivity index (χ3v) is 8.50. The molecular weight excluding hydrogens is 716 g/mol. The number of aliphatic hydroxyl groups is 8. The average molecular weight is 755 g/mol. The number of hydrogen-bond donors (Lipinski definition) is 11. The third-order valence-electron chi connectivity index (χ3n) is 8.50. The molecule has 3 heterocycles. The molecular formula is C33H38O20. The zero-order chi connectivity index (χ0) is 38.9. The molecule has 11 atom stereocenters. The standard InChI is InChI=1S/C33H38O20/c1-33(47,8-19(37)38)9-20(39)48-11-18-23(41)26(44)28(46)32(52-18)53-30-24(42)21-15(36)6-14(49-31-27(45)25(43)22(40)17(10-34)51-31)7-16(21)50-29(30)12-2-4-13(35)5-3-12/h2-7,17-18,22-23,25-28,31-32,34-36,40-41,43-47H,8-11H2,1H3,(H,37,38)/t17-,18-,22-,23-,25+,26+,27-,28-,31-,32+,33?/m1/s1. The summed E-state index contributed by atoms with van der Waals surface area (Å²) in [5.74, 6) is -4.82. The normalized spacial score (nSPS) is 30.0. The second-order valence-corrected chi connectivity index (χ2v) is 12.8. The second kappa shape index (κ2) is 15.8. The van der Waals surface area contributed by atoms with Gasteiger partial charge in [-0.05, 0) is 31.2 Å². The molecule has 53 heavy (non-hydrogen) atoms. The second-order valence-electron chi connectivity index (χ2n) is 12.8. The Morgan fingerprint density at radius 2 is 1.40 bits per heavy atom. The number of ether oxygens (including phenoxy) is 5. The molecule has 0 bridgehead atoms. The SMILES string of the molecule is CC(O)(CC(=O)O)CC(=O)OC[C@H]1O[C@@H](Oc2c(-c3ccc(O)cc3)oc3cc(O[C@@H]4O[C@H](CO)[C@@H](O)[C@H](O)[C@H]4O)cc(O)c3c2=O)[C@H](O)[C@@H](O)[C@@H]1O. The average Bonchev–Trinajstić information content (AvgIpc) is 3.08. The van der Waals surface area contributed by atoms with Crippen LogP contribution in [0.25, 0.3) is 22.3 Å². The molecule has 0 aliphatic carbocycles. The molecule has 2 aliphatic heterocycles. The first-order valence-electron chi connectivity index (χ1n) is 16.0. The number of phenolic OH excluding ortho intramolecular Hbond substituents is 2. The lowest BCUT2D eigenvalue weighted by atomic mass is 9.98. The van der Waals surface area contributed by atoms with Gasteiger partial charge in [-0.25, -0.2) is 0 Å². The highest BCUT2D eigenvalue weighted by Gasteiger charge is 2.47. The van der Waals surface area contributed by atoms with Crippen molar-refractivity contribution in [3.05, 3.63) is 46.6 Å². The van der Waals surface area contributed by atoms with Gasteiger partial charge in [-0.15, -0.1) is 0 Å². The minimum Gasteiger partial charge on any atom is -0.508 e. The van der Waals surface area contributed by atoms with E-state index >= 15 is 0 Å². The van der Waals surface area contributed by atoms with Gasteiger partial charge in [0.25, 0.3) is 0 Å². The van der Waals surface area contributed by atoms with Gasteiger partial charge in [-0.1, -0.05) is 0 Å². The Kier molecular flexibility index (Phi) is 11.8. The zero-order valence-corrected chi connectivity index (χ0v) is 27.7. The Hall–Kier alpha value is -4.61. The summed E-state index contributed by atoms with van der Waals surface area (Å²) in [6.07, 6.45) is -19.4. The molecule has 0 amide bonds. The lowest BCUT2D eigenvalue weighted by molar-refractivity contribution is -0.278. The number of rotatable bonds is 12. The Morgan fingerprint density at radius 3 is 2.00 bits per heavy atom. The van der Waals surface area contributed by atoms with Crippen molar-refractivity contribution in [2.24, 2.45) is 0 Å². The third kappa shape index (κ3) is 8.63. The molecule has 20 heteroatoms. The smallest absolute Gasteiger partial charge is 0.308 e. The maximum absolute atomic E-state index is 14.0. The highest BCUT2D eigenvalue weighted by Crippen LogP contribution is 2.38. The minimum atomic E-state index is -2.04. The topological polar surface area (TPSA) is 333 Å². The first-order valence-corrected chi connectivity index (χ1v) is 16.0. The number of aromatic hydroxyl groups is 2. The van der Waals surface area contributed by atoms with Crippen LogP contribution in [0.4, 0.5) is 0 Å². The van der Waals surface area contributed by atoms with E-state index in [2.05, 4.69) is 0 Å². The van der Waals surface area contributed by atoms with Gasteiger partial charge >= 0.3 is 11.9 Å². The molecule has 0 saturated carbocycles. The van der Waals surface area contributed by atoms with Crippen LogP contribution in [0.3, 0.4) is 0 Å². The van der Waals surface area contributed by atoms with Crippen LogP contribution in [0.15, 0.2) is 45.6 Å². The molecule has 0 spiro atoms. The summed E-state index contributed by atoms with van der Waals surface area (Å²) in [6.45, 7) is -0.451. The first kappa shape index (κ1) is 39.6. The van der Waals surface area contributed by atoms with Crippen LogP contribution in [0.2, 0.25) is 0 Å². The summed E-state index contributed by atoms with van der Waals surface area (Å²) < 4.78 is 33.2. The largest absolute Gasteiger partial charge is 0.508 e. The van der Waals surface area contributed by atoms with Crippen molar-refractivity contribution >= 4 is 22.9 Å². The van der Waals surface area contributed by atoms with Crippen LogP contribution in [-0.2, 0) is 23.8 Å². The number of carbonyl (C=O) groups excluding carboxylic acids is 1. The van der Waals surface area contributed by atoms with Gasteiger partial charge in [0.15, 0.2) is 5.76 Å². The fraction of sp³-hybridized carbons (Fsp3) is 0.485. The van der Waals surface area contributed by atoms with Crippen LogP contribution in [0, 0.1) is 0 Å². The van der Waals surface area contributed by atoms with Crippen LogP contribution < -0.4 is 14.9 Å². The van der Waals surface area contributed by atoms with Crippen molar-refractivity contribution in [3.63, 3.8) is 0 Å². The van der Waals surface area contributed by atoms with E-state index in [9.17, 15) is 65.4 Å². The Labute approximate surface area is 297 Å². The number of phenols is 2. The van der Waals surface area contributed by atoms with Crippen LogP contribution in [-0.4, -0.2) is 148 Å². The number of aliphatic hydroxyl groups excluding tert-OH is 7. The number of benzene rings is 2.